The maximum Gasteiger partial charge on any atom is 0.223 e. The monoisotopic (exact) mass is 502 g/mol. The average molecular weight is 503 g/mol. The number of hydrogen-bond acceptors (Lipinski definition) is 7. The van der Waals surface area contributed by atoms with Crippen LogP contribution in [-0.2, 0) is 21.4 Å². The molecule has 0 bridgehead atoms. The number of aromatic nitrogens is 4. The fraction of sp³-hybridized carbons (Fsp3) is 0.500. The van der Waals surface area contributed by atoms with Crippen LogP contribution in [0.1, 0.15) is 75.2 Å². The quantitative estimate of drug-likeness (QED) is 0.531. The minimum atomic E-state index is -0.495. The van der Waals surface area contributed by atoms with E-state index in [0.29, 0.717) is 25.0 Å². The lowest BCUT2D eigenvalue weighted by Gasteiger charge is -2.36. The second-order valence-electron chi connectivity index (χ2n) is 10.0. The summed E-state index contributed by atoms with van der Waals surface area (Å²) in [6, 6.07) is 7.56. The number of ketones is 1. The van der Waals surface area contributed by atoms with Gasteiger partial charge in [0, 0.05) is 24.0 Å². The van der Waals surface area contributed by atoms with Crippen LogP contribution in [0.5, 0.6) is 5.75 Å². The molecule has 9 nitrogen and oxygen atoms in total. The second-order valence-corrected chi connectivity index (χ2v) is 10.0. The molecule has 1 aliphatic carbocycles. The standard InChI is InChI=1S/C22H29N3O2.C6H5N3O/c1-16-8-9-18(10-11-20(27)25-14-6-7-19(25)15-23)21(24-16)22(17(2)26)12-4-3-5-13-22;10-5-1-4-2-8-9-6(4)7-3-5/h8-9,19H,3-7,10-14H2,1-2H3;1-3,10H,(H,7,8,9). The molecule has 0 radical (unpaired) electrons. The fourth-order valence-corrected chi connectivity index (χ4v) is 5.52. The van der Waals surface area contributed by atoms with Crippen molar-refractivity contribution in [3.8, 4) is 11.8 Å². The van der Waals surface area contributed by atoms with Crippen LogP contribution >= 0.6 is 0 Å². The van der Waals surface area contributed by atoms with Crippen LogP contribution < -0.4 is 0 Å². The Balaban J connectivity index is 0.000000265. The molecule has 9 heteroatoms. The molecule has 3 aromatic rings. The number of H-pyrrole nitrogens is 1. The topological polar surface area (TPSA) is 136 Å². The van der Waals surface area contributed by atoms with E-state index in [0.717, 1.165) is 60.9 Å². The van der Waals surface area contributed by atoms with Gasteiger partial charge in [-0.15, -0.1) is 0 Å². The number of carbonyl (C=O) groups is 2. The highest BCUT2D eigenvalue weighted by Gasteiger charge is 2.41. The normalized spacial score (nSPS) is 18.6. The first kappa shape index (κ1) is 26.3. The van der Waals surface area contributed by atoms with Gasteiger partial charge in [0.05, 0.1) is 29.6 Å². The molecule has 2 aliphatic rings. The summed E-state index contributed by atoms with van der Waals surface area (Å²) >= 11 is 0. The predicted molar refractivity (Wildman–Crippen MR) is 139 cm³/mol. The minimum Gasteiger partial charge on any atom is -0.506 e. The molecule has 5 rings (SSSR count). The van der Waals surface area contributed by atoms with Crippen LogP contribution in [0.25, 0.3) is 11.0 Å². The van der Waals surface area contributed by atoms with Crippen molar-refractivity contribution in [1.29, 1.82) is 5.26 Å². The highest BCUT2D eigenvalue weighted by molar-refractivity contribution is 5.88. The van der Waals surface area contributed by atoms with E-state index in [1.165, 1.54) is 12.6 Å². The molecule has 37 heavy (non-hydrogen) atoms. The van der Waals surface area contributed by atoms with E-state index >= 15 is 0 Å². The van der Waals surface area contributed by atoms with Crippen molar-refractivity contribution < 1.29 is 14.7 Å². The first-order chi connectivity index (χ1) is 17.8. The van der Waals surface area contributed by atoms with Crippen molar-refractivity contribution in [2.24, 2.45) is 0 Å². The molecule has 1 saturated heterocycles. The molecule has 2 N–H and O–H groups in total. The molecular formula is C28H34N6O3. The average Bonchev–Trinajstić information content (AvgIpc) is 3.57. The van der Waals surface area contributed by atoms with Crippen LogP contribution in [0, 0.1) is 18.3 Å². The van der Waals surface area contributed by atoms with Crippen molar-refractivity contribution in [3.05, 3.63) is 47.5 Å². The zero-order valence-corrected chi connectivity index (χ0v) is 21.5. The van der Waals surface area contributed by atoms with Gasteiger partial charge in [0.15, 0.2) is 5.65 Å². The van der Waals surface area contributed by atoms with Gasteiger partial charge in [-0.1, -0.05) is 25.3 Å². The van der Waals surface area contributed by atoms with Gasteiger partial charge in [-0.25, -0.2) is 4.98 Å². The van der Waals surface area contributed by atoms with Crippen molar-refractivity contribution in [2.75, 3.05) is 6.54 Å². The number of rotatable bonds is 5. The van der Waals surface area contributed by atoms with E-state index < -0.39 is 5.41 Å². The van der Waals surface area contributed by atoms with Gasteiger partial charge in [0.25, 0.3) is 0 Å². The summed E-state index contributed by atoms with van der Waals surface area (Å²) < 4.78 is 0. The maximum absolute atomic E-state index is 12.7. The molecular weight excluding hydrogens is 468 g/mol. The molecule has 2 fully saturated rings. The van der Waals surface area contributed by atoms with Gasteiger partial charge in [-0.2, -0.15) is 10.4 Å². The predicted octanol–water partition coefficient (Wildman–Crippen LogP) is 4.29. The fourth-order valence-electron chi connectivity index (χ4n) is 5.52. The van der Waals surface area contributed by atoms with Gasteiger partial charge in [-0.05, 0) is 63.6 Å². The van der Waals surface area contributed by atoms with E-state index in [1.807, 2.05) is 19.1 Å². The molecule has 3 aromatic heterocycles. The highest BCUT2D eigenvalue weighted by Crippen LogP contribution is 2.41. The summed E-state index contributed by atoms with van der Waals surface area (Å²) in [5, 5.41) is 25.4. The van der Waals surface area contributed by atoms with E-state index in [2.05, 4.69) is 21.3 Å². The van der Waals surface area contributed by atoms with Crippen molar-refractivity contribution in [3.63, 3.8) is 0 Å². The molecule has 1 amide bonds. The largest absolute Gasteiger partial charge is 0.506 e. The van der Waals surface area contributed by atoms with E-state index in [9.17, 15) is 14.9 Å². The minimum absolute atomic E-state index is 0.0334. The lowest BCUT2D eigenvalue weighted by Crippen LogP contribution is -2.39. The van der Waals surface area contributed by atoms with Gasteiger partial charge < -0.3 is 10.0 Å². The van der Waals surface area contributed by atoms with Gasteiger partial charge in [-0.3, -0.25) is 19.7 Å². The Hall–Kier alpha value is -3.80. The number of Topliss-reactive ketones (excluding diaryl/α,β-unsaturated/α-hetero) is 1. The van der Waals surface area contributed by atoms with Gasteiger partial charge in [0.1, 0.15) is 17.6 Å². The number of aryl methyl sites for hydroxylation is 2. The lowest BCUT2D eigenvalue weighted by molar-refractivity contribution is -0.131. The third-order valence-corrected chi connectivity index (χ3v) is 7.56. The molecule has 4 heterocycles. The number of carbonyl (C=O) groups excluding carboxylic acids is 2. The number of aromatic amines is 1. The van der Waals surface area contributed by atoms with Crippen LogP contribution in [0.15, 0.2) is 30.6 Å². The van der Waals surface area contributed by atoms with E-state index in [1.54, 1.807) is 24.1 Å². The Kier molecular flexibility index (Phi) is 8.17. The third-order valence-electron chi connectivity index (χ3n) is 7.56. The van der Waals surface area contributed by atoms with Crippen molar-refractivity contribution in [2.45, 2.75) is 83.1 Å². The summed E-state index contributed by atoms with van der Waals surface area (Å²) in [5.74, 6) is 0.386. The Morgan fingerprint density at radius 3 is 2.73 bits per heavy atom. The molecule has 1 aliphatic heterocycles. The molecule has 0 aromatic carbocycles. The first-order valence-corrected chi connectivity index (χ1v) is 13.0. The molecule has 194 valence electrons. The molecule has 0 spiro atoms. The summed E-state index contributed by atoms with van der Waals surface area (Å²) in [4.78, 5) is 35.7. The Morgan fingerprint density at radius 1 is 1.22 bits per heavy atom. The third kappa shape index (κ3) is 5.79. The first-order valence-electron chi connectivity index (χ1n) is 13.0. The molecule has 1 saturated carbocycles. The lowest BCUT2D eigenvalue weighted by atomic mass is 9.67. The number of hydrogen-bond donors (Lipinski definition) is 2. The van der Waals surface area contributed by atoms with Gasteiger partial charge in [0.2, 0.25) is 5.91 Å². The van der Waals surface area contributed by atoms with Crippen LogP contribution in [-0.4, -0.2) is 54.4 Å². The number of pyridine rings is 2. The van der Waals surface area contributed by atoms with E-state index in [-0.39, 0.29) is 23.5 Å². The van der Waals surface area contributed by atoms with Crippen LogP contribution in [0.2, 0.25) is 0 Å². The number of nitriles is 1. The summed E-state index contributed by atoms with van der Waals surface area (Å²) in [7, 11) is 0. The smallest absolute Gasteiger partial charge is 0.223 e. The molecule has 1 atom stereocenters. The second kappa shape index (κ2) is 11.5. The zero-order chi connectivity index (χ0) is 26.4. The Bertz CT molecular complexity index is 1300. The number of likely N-dealkylation sites (tertiary alicyclic amines) is 1. The zero-order valence-electron chi connectivity index (χ0n) is 21.5. The number of aromatic hydroxyl groups is 1. The Morgan fingerprint density at radius 2 is 2.00 bits per heavy atom. The van der Waals surface area contributed by atoms with E-state index in [4.69, 9.17) is 10.1 Å². The van der Waals surface area contributed by atoms with Crippen molar-refractivity contribution in [1.82, 2.24) is 25.1 Å². The number of fused-ring (bicyclic) bond motifs is 1. The number of amides is 1. The van der Waals surface area contributed by atoms with Crippen molar-refractivity contribution >= 4 is 22.7 Å². The molecule has 1 unspecified atom stereocenters. The summed E-state index contributed by atoms with van der Waals surface area (Å²) in [6.07, 6.45) is 10.6. The maximum atomic E-state index is 12.7. The van der Waals surface area contributed by atoms with Crippen LogP contribution in [0.3, 0.4) is 0 Å². The summed E-state index contributed by atoms with van der Waals surface area (Å²) in [6.45, 7) is 4.32. The van der Waals surface area contributed by atoms with Crippen LogP contribution in [0.4, 0.5) is 0 Å². The number of nitrogens with zero attached hydrogens (tertiary/aromatic N) is 5. The SMILES string of the molecule is CC(=O)C1(c2nc(C)ccc2CCC(=O)N2CCCC2C#N)CCCCC1.Oc1cnc2[nH]ncc2c1. The number of nitrogens with one attached hydrogen (secondary N) is 1. The summed E-state index contributed by atoms with van der Waals surface area (Å²) in [5.41, 5.74) is 3.01. The Labute approximate surface area is 216 Å². The highest BCUT2D eigenvalue weighted by atomic mass is 16.3. The van der Waals surface area contributed by atoms with Gasteiger partial charge >= 0.3 is 0 Å².